The van der Waals surface area contributed by atoms with Crippen LogP contribution in [-0.4, -0.2) is 55.7 Å². The van der Waals surface area contributed by atoms with E-state index in [4.69, 9.17) is 4.74 Å². The molecule has 1 heterocycles. The summed E-state index contributed by atoms with van der Waals surface area (Å²) in [6.07, 6.45) is 9.06. The number of benzene rings is 2. The van der Waals surface area contributed by atoms with Crippen molar-refractivity contribution in [2.24, 2.45) is 0 Å². The molecule has 3 nitrogen and oxygen atoms in total. The summed E-state index contributed by atoms with van der Waals surface area (Å²) >= 11 is 0. The van der Waals surface area contributed by atoms with Crippen molar-refractivity contribution in [1.29, 1.82) is 0 Å². The molecule has 164 valence electrons. The molecular formula is C27H40N2O. The highest BCUT2D eigenvalue weighted by Crippen LogP contribution is 2.16. The molecule has 1 aliphatic heterocycles. The van der Waals surface area contributed by atoms with E-state index < -0.39 is 0 Å². The quantitative estimate of drug-likeness (QED) is 0.413. The van der Waals surface area contributed by atoms with E-state index in [1.165, 1.54) is 56.2 Å². The number of ether oxygens (including phenoxy) is 1. The van der Waals surface area contributed by atoms with Gasteiger partial charge in [0.2, 0.25) is 0 Å². The first kappa shape index (κ1) is 23.0. The zero-order valence-corrected chi connectivity index (χ0v) is 18.8. The Balaban J connectivity index is 1.15. The molecule has 3 rings (SSSR count). The van der Waals surface area contributed by atoms with E-state index in [-0.39, 0.29) is 0 Å². The summed E-state index contributed by atoms with van der Waals surface area (Å²) in [5.41, 5.74) is 2.88. The summed E-state index contributed by atoms with van der Waals surface area (Å²) in [6, 6.07) is 21.6. The van der Waals surface area contributed by atoms with Crippen LogP contribution in [0.3, 0.4) is 0 Å². The van der Waals surface area contributed by atoms with Gasteiger partial charge in [0.25, 0.3) is 0 Å². The number of rotatable bonds is 13. The minimum absolute atomic E-state index is 0.459. The van der Waals surface area contributed by atoms with Crippen molar-refractivity contribution in [3.8, 4) is 0 Å². The Morgan fingerprint density at radius 2 is 1.43 bits per heavy atom. The van der Waals surface area contributed by atoms with Crippen LogP contribution < -0.4 is 0 Å². The highest BCUT2D eigenvalue weighted by Gasteiger charge is 2.19. The van der Waals surface area contributed by atoms with Gasteiger partial charge in [0.15, 0.2) is 0 Å². The van der Waals surface area contributed by atoms with Crippen LogP contribution >= 0.6 is 0 Å². The fourth-order valence-corrected chi connectivity index (χ4v) is 4.30. The lowest BCUT2D eigenvalue weighted by atomic mass is 10.1. The summed E-state index contributed by atoms with van der Waals surface area (Å²) < 4.78 is 6.17. The number of hydrogen-bond donors (Lipinski definition) is 0. The van der Waals surface area contributed by atoms with Crippen molar-refractivity contribution < 1.29 is 4.74 Å². The molecule has 0 unspecified atom stereocenters. The molecule has 0 spiro atoms. The maximum Gasteiger partial charge on any atom is 0.0599 e. The van der Waals surface area contributed by atoms with Crippen LogP contribution in [0, 0.1) is 0 Å². The molecule has 0 aliphatic carbocycles. The molecule has 0 amide bonds. The first-order valence-corrected chi connectivity index (χ1v) is 11.9. The number of nitrogens with zero attached hydrogens (tertiary/aromatic N) is 2. The monoisotopic (exact) mass is 408 g/mol. The standard InChI is InChI=1S/C27H40N2O/c1-28(19-10-4-9-14-25-12-5-2-6-13-25)20-11-23-30-27-17-21-29(22-18-27)24-26-15-7-3-8-16-26/h2-3,5-8,12-13,15-16,27H,4,9-11,14,17-24H2,1H3. The molecule has 3 heteroatoms. The Morgan fingerprint density at radius 3 is 2.13 bits per heavy atom. The van der Waals surface area contributed by atoms with Crippen LogP contribution in [0.4, 0.5) is 0 Å². The Labute approximate surface area is 184 Å². The third-order valence-electron chi connectivity index (χ3n) is 6.17. The van der Waals surface area contributed by atoms with E-state index in [1.807, 2.05) is 0 Å². The average Bonchev–Trinajstić information content (AvgIpc) is 2.79. The molecule has 30 heavy (non-hydrogen) atoms. The van der Waals surface area contributed by atoms with Crippen molar-refractivity contribution in [1.82, 2.24) is 9.80 Å². The molecule has 0 aromatic heterocycles. The molecular weight excluding hydrogens is 368 g/mol. The van der Waals surface area contributed by atoms with Crippen molar-refractivity contribution in [2.75, 3.05) is 39.8 Å². The Kier molecular flexibility index (Phi) is 10.4. The molecule has 0 atom stereocenters. The zero-order chi connectivity index (χ0) is 20.9. The predicted molar refractivity (Wildman–Crippen MR) is 127 cm³/mol. The van der Waals surface area contributed by atoms with Crippen LogP contribution in [0.15, 0.2) is 60.7 Å². The topological polar surface area (TPSA) is 15.7 Å². The largest absolute Gasteiger partial charge is 0.378 e. The van der Waals surface area contributed by atoms with E-state index >= 15 is 0 Å². The second-order valence-electron chi connectivity index (χ2n) is 8.78. The Bertz CT molecular complexity index is 668. The van der Waals surface area contributed by atoms with Gasteiger partial charge in [-0.15, -0.1) is 0 Å². The van der Waals surface area contributed by atoms with E-state index in [0.29, 0.717) is 6.10 Å². The van der Waals surface area contributed by atoms with Crippen LogP contribution in [0.2, 0.25) is 0 Å². The highest BCUT2D eigenvalue weighted by atomic mass is 16.5. The fourth-order valence-electron chi connectivity index (χ4n) is 4.30. The summed E-state index contributed by atoms with van der Waals surface area (Å²) in [5.74, 6) is 0. The van der Waals surface area contributed by atoms with E-state index in [2.05, 4.69) is 77.5 Å². The van der Waals surface area contributed by atoms with Gasteiger partial charge in [0.1, 0.15) is 0 Å². The van der Waals surface area contributed by atoms with Crippen LogP contribution in [0.1, 0.15) is 49.7 Å². The minimum Gasteiger partial charge on any atom is -0.378 e. The van der Waals surface area contributed by atoms with E-state index in [1.54, 1.807) is 0 Å². The third kappa shape index (κ3) is 8.99. The van der Waals surface area contributed by atoms with Gasteiger partial charge in [0, 0.05) is 32.8 Å². The molecule has 1 aliphatic rings. The number of aryl methyl sites for hydroxylation is 1. The molecule has 0 radical (unpaired) electrons. The van der Waals surface area contributed by atoms with Gasteiger partial charge in [-0.1, -0.05) is 67.1 Å². The van der Waals surface area contributed by atoms with Crippen molar-refractivity contribution in [3.05, 3.63) is 71.8 Å². The molecule has 0 saturated carbocycles. The van der Waals surface area contributed by atoms with Crippen molar-refractivity contribution >= 4 is 0 Å². The van der Waals surface area contributed by atoms with Gasteiger partial charge in [-0.2, -0.15) is 0 Å². The zero-order valence-electron chi connectivity index (χ0n) is 18.8. The maximum absolute atomic E-state index is 6.17. The number of likely N-dealkylation sites (tertiary alicyclic amines) is 1. The molecule has 2 aromatic rings. The lowest BCUT2D eigenvalue weighted by molar-refractivity contribution is 0.00288. The second-order valence-corrected chi connectivity index (χ2v) is 8.78. The summed E-state index contributed by atoms with van der Waals surface area (Å²) in [5, 5.41) is 0. The predicted octanol–water partition coefficient (Wildman–Crippen LogP) is 5.40. The fraction of sp³-hybridized carbons (Fsp3) is 0.556. The third-order valence-corrected chi connectivity index (χ3v) is 6.17. The SMILES string of the molecule is CN(CCCCCc1ccccc1)CCCOC1CCN(Cc2ccccc2)CC1. The second kappa shape index (κ2) is 13.6. The average molecular weight is 409 g/mol. The molecule has 0 N–H and O–H groups in total. The Morgan fingerprint density at radius 1 is 0.800 bits per heavy atom. The van der Waals surface area contributed by atoms with E-state index in [9.17, 15) is 0 Å². The molecule has 2 aromatic carbocycles. The smallest absolute Gasteiger partial charge is 0.0599 e. The number of piperidine rings is 1. The molecule has 1 fully saturated rings. The highest BCUT2D eigenvalue weighted by molar-refractivity contribution is 5.15. The van der Waals surface area contributed by atoms with Gasteiger partial charge in [-0.25, -0.2) is 0 Å². The lowest BCUT2D eigenvalue weighted by Gasteiger charge is -2.32. The minimum atomic E-state index is 0.459. The van der Waals surface area contributed by atoms with Gasteiger partial charge in [-0.05, 0) is 63.2 Å². The van der Waals surface area contributed by atoms with Crippen LogP contribution in [-0.2, 0) is 17.7 Å². The van der Waals surface area contributed by atoms with Gasteiger partial charge < -0.3 is 9.64 Å². The first-order valence-electron chi connectivity index (χ1n) is 11.9. The van der Waals surface area contributed by atoms with E-state index in [0.717, 1.165) is 39.2 Å². The first-order chi connectivity index (χ1) is 14.8. The number of hydrogen-bond acceptors (Lipinski definition) is 3. The molecule has 0 bridgehead atoms. The molecule has 1 saturated heterocycles. The maximum atomic E-state index is 6.17. The van der Waals surface area contributed by atoms with Crippen LogP contribution in [0.5, 0.6) is 0 Å². The normalized spacial score (nSPS) is 15.7. The number of unbranched alkanes of at least 4 members (excludes halogenated alkanes) is 2. The van der Waals surface area contributed by atoms with Crippen LogP contribution in [0.25, 0.3) is 0 Å². The van der Waals surface area contributed by atoms with Gasteiger partial charge in [0.05, 0.1) is 6.10 Å². The summed E-state index contributed by atoms with van der Waals surface area (Å²) in [6.45, 7) is 6.63. The lowest BCUT2D eigenvalue weighted by Crippen LogP contribution is -2.36. The van der Waals surface area contributed by atoms with Crippen molar-refractivity contribution in [2.45, 2.75) is 57.6 Å². The van der Waals surface area contributed by atoms with Gasteiger partial charge in [-0.3, -0.25) is 4.90 Å². The van der Waals surface area contributed by atoms with Gasteiger partial charge >= 0.3 is 0 Å². The Hall–Kier alpha value is -1.68. The van der Waals surface area contributed by atoms with Crippen molar-refractivity contribution in [3.63, 3.8) is 0 Å². The summed E-state index contributed by atoms with van der Waals surface area (Å²) in [7, 11) is 2.25. The summed E-state index contributed by atoms with van der Waals surface area (Å²) in [4.78, 5) is 5.02.